The first-order valence-electron chi connectivity index (χ1n) is 8.25. The number of carbonyl (C=O) groups excluding carboxylic acids is 1. The van der Waals surface area contributed by atoms with E-state index in [1.165, 1.54) is 0 Å². The number of benzene rings is 2. The van der Waals surface area contributed by atoms with Crippen molar-refractivity contribution in [1.29, 1.82) is 0 Å². The highest BCUT2D eigenvalue weighted by atomic mass is 16.5. The van der Waals surface area contributed by atoms with E-state index in [0.29, 0.717) is 26.2 Å². The molecule has 0 aliphatic carbocycles. The molecule has 2 aromatic carbocycles. The molecule has 0 unspecified atom stereocenters. The van der Waals surface area contributed by atoms with Gasteiger partial charge in [-0.2, -0.15) is 0 Å². The summed E-state index contributed by atoms with van der Waals surface area (Å²) < 4.78 is 10.2. The zero-order valence-corrected chi connectivity index (χ0v) is 15.1. The quantitative estimate of drug-likeness (QED) is 0.761. The van der Waals surface area contributed by atoms with Crippen LogP contribution in [0, 0.1) is 0 Å². The molecule has 0 aliphatic heterocycles. The van der Waals surface area contributed by atoms with Crippen LogP contribution in [0.1, 0.15) is 16.7 Å². The second-order valence-corrected chi connectivity index (χ2v) is 6.05. The summed E-state index contributed by atoms with van der Waals surface area (Å²) in [4.78, 5) is 14.1. The van der Waals surface area contributed by atoms with Crippen molar-refractivity contribution in [2.24, 2.45) is 0 Å². The molecule has 0 heterocycles. The zero-order valence-electron chi connectivity index (χ0n) is 15.1. The molecule has 25 heavy (non-hydrogen) atoms. The van der Waals surface area contributed by atoms with Crippen LogP contribution in [-0.2, 0) is 29.2 Å². The molecule has 2 aromatic rings. The number of likely N-dealkylation sites (N-methyl/N-ethyl adjacent to an activating group) is 1. The van der Waals surface area contributed by atoms with E-state index in [1.54, 1.807) is 14.2 Å². The molecule has 0 aromatic heterocycles. The third-order valence-corrected chi connectivity index (χ3v) is 3.85. The Labute approximate surface area is 149 Å². The van der Waals surface area contributed by atoms with Gasteiger partial charge in [-0.05, 0) is 35.9 Å². The van der Waals surface area contributed by atoms with E-state index < -0.39 is 0 Å². The van der Waals surface area contributed by atoms with Crippen molar-refractivity contribution in [3.63, 3.8) is 0 Å². The molecule has 2 rings (SSSR count). The maximum absolute atomic E-state index is 12.1. The number of hydrogen-bond donors (Lipinski definition) is 1. The molecule has 0 atom stereocenters. The van der Waals surface area contributed by atoms with Gasteiger partial charge in [0.2, 0.25) is 5.91 Å². The van der Waals surface area contributed by atoms with Gasteiger partial charge in [-0.3, -0.25) is 9.69 Å². The Kier molecular flexibility index (Phi) is 7.44. The number of nitrogens with zero attached hydrogens (tertiary/aromatic N) is 1. The minimum atomic E-state index is 0.0111. The van der Waals surface area contributed by atoms with Crippen LogP contribution < -0.4 is 10.1 Å². The second-order valence-electron chi connectivity index (χ2n) is 6.05. The van der Waals surface area contributed by atoms with E-state index in [-0.39, 0.29) is 5.91 Å². The molecule has 0 aliphatic rings. The third-order valence-electron chi connectivity index (χ3n) is 3.85. The fraction of sp³-hybridized carbons (Fsp3) is 0.350. The monoisotopic (exact) mass is 342 g/mol. The molecule has 5 nitrogen and oxygen atoms in total. The van der Waals surface area contributed by atoms with Gasteiger partial charge in [-0.25, -0.2) is 0 Å². The van der Waals surface area contributed by atoms with Gasteiger partial charge in [0.25, 0.3) is 0 Å². The highest BCUT2D eigenvalue weighted by molar-refractivity contribution is 5.77. The Morgan fingerprint density at radius 3 is 2.16 bits per heavy atom. The molecule has 0 fully saturated rings. The van der Waals surface area contributed by atoms with Gasteiger partial charge < -0.3 is 14.8 Å². The average molecular weight is 342 g/mol. The lowest BCUT2D eigenvalue weighted by molar-refractivity contribution is -0.122. The van der Waals surface area contributed by atoms with E-state index in [1.807, 2.05) is 60.5 Å². The van der Waals surface area contributed by atoms with Crippen molar-refractivity contribution >= 4 is 5.91 Å². The van der Waals surface area contributed by atoms with Crippen LogP contribution in [0.2, 0.25) is 0 Å². The number of rotatable bonds is 9. The summed E-state index contributed by atoms with van der Waals surface area (Å²) in [5, 5.41) is 2.95. The molecule has 0 spiro atoms. The van der Waals surface area contributed by atoms with Gasteiger partial charge in [0, 0.05) is 20.2 Å². The van der Waals surface area contributed by atoms with Gasteiger partial charge in [0.15, 0.2) is 0 Å². The minimum Gasteiger partial charge on any atom is -0.497 e. The van der Waals surface area contributed by atoms with Crippen molar-refractivity contribution in [2.75, 3.05) is 27.8 Å². The maximum Gasteiger partial charge on any atom is 0.234 e. The highest BCUT2D eigenvalue weighted by Gasteiger charge is 2.07. The number of nitrogens with one attached hydrogen (secondary N) is 1. The fourth-order valence-electron chi connectivity index (χ4n) is 2.52. The Balaban J connectivity index is 1.74. The number of ether oxygens (including phenoxy) is 2. The lowest BCUT2D eigenvalue weighted by Gasteiger charge is -2.16. The summed E-state index contributed by atoms with van der Waals surface area (Å²) >= 11 is 0. The van der Waals surface area contributed by atoms with E-state index in [2.05, 4.69) is 5.32 Å². The number of methoxy groups -OCH3 is 2. The topological polar surface area (TPSA) is 50.8 Å². The first-order valence-corrected chi connectivity index (χ1v) is 8.25. The summed E-state index contributed by atoms with van der Waals surface area (Å²) in [6, 6.07) is 15.9. The van der Waals surface area contributed by atoms with Crippen molar-refractivity contribution in [3.8, 4) is 5.75 Å². The summed E-state index contributed by atoms with van der Waals surface area (Å²) in [5.74, 6) is 0.845. The molecule has 0 saturated heterocycles. The molecule has 1 N–H and O–H groups in total. The largest absolute Gasteiger partial charge is 0.497 e. The average Bonchev–Trinajstić information content (AvgIpc) is 2.62. The molecule has 5 heteroatoms. The molecule has 0 bridgehead atoms. The molecule has 1 amide bonds. The van der Waals surface area contributed by atoms with E-state index in [9.17, 15) is 4.79 Å². The summed E-state index contributed by atoms with van der Waals surface area (Å²) in [5.41, 5.74) is 3.34. The van der Waals surface area contributed by atoms with Gasteiger partial charge in [0.1, 0.15) is 5.75 Å². The minimum absolute atomic E-state index is 0.0111. The SMILES string of the molecule is COCc1ccc(CNC(=O)CN(C)Cc2ccc(OC)cc2)cc1. The Morgan fingerprint density at radius 1 is 0.960 bits per heavy atom. The Hall–Kier alpha value is -2.37. The summed E-state index contributed by atoms with van der Waals surface area (Å²) in [6.45, 7) is 2.20. The molecule has 0 saturated carbocycles. The molecule has 134 valence electrons. The second kappa shape index (κ2) is 9.81. The molecule has 0 radical (unpaired) electrons. The number of amides is 1. The van der Waals surface area contributed by atoms with Gasteiger partial charge in [-0.1, -0.05) is 36.4 Å². The Morgan fingerprint density at radius 2 is 1.56 bits per heavy atom. The summed E-state index contributed by atoms with van der Waals surface area (Å²) in [6.07, 6.45) is 0. The van der Waals surface area contributed by atoms with Crippen molar-refractivity contribution < 1.29 is 14.3 Å². The smallest absolute Gasteiger partial charge is 0.234 e. The van der Waals surface area contributed by atoms with Crippen LogP contribution in [-0.4, -0.2) is 38.6 Å². The van der Waals surface area contributed by atoms with Crippen LogP contribution in [0.25, 0.3) is 0 Å². The van der Waals surface area contributed by atoms with Crippen LogP contribution in [0.3, 0.4) is 0 Å². The molecular formula is C20H26N2O3. The lowest BCUT2D eigenvalue weighted by atomic mass is 10.1. The first-order chi connectivity index (χ1) is 12.1. The van der Waals surface area contributed by atoms with E-state index >= 15 is 0 Å². The Bertz CT molecular complexity index is 654. The zero-order chi connectivity index (χ0) is 18.1. The van der Waals surface area contributed by atoms with Crippen molar-refractivity contribution in [1.82, 2.24) is 10.2 Å². The third kappa shape index (κ3) is 6.57. The van der Waals surface area contributed by atoms with Crippen LogP contribution >= 0.6 is 0 Å². The standard InChI is InChI=1S/C20H26N2O3/c1-22(13-17-8-10-19(25-3)11-9-17)14-20(23)21-12-16-4-6-18(7-5-16)15-24-2/h4-11H,12-15H2,1-3H3,(H,21,23). The van der Waals surface area contributed by atoms with Crippen LogP contribution in [0.15, 0.2) is 48.5 Å². The maximum atomic E-state index is 12.1. The van der Waals surface area contributed by atoms with E-state index in [0.717, 1.165) is 22.4 Å². The van der Waals surface area contributed by atoms with E-state index in [4.69, 9.17) is 9.47 Å². The lowest BCUT2D eigenvalue weighted by Crippen LogP contribution is -2.34. The normalized spacial score (nSPS) is 10.7. The first kappa shape index (κ1) is 19.0. The van der Waals surface area contributed by atoms with Gasteiger partial charge in [0.05, 0.1) is 20.3 Å². The highest BCUT2D eigenvalue weighted by Crippen LogP contribution is 2.12. The number of carbonyl (C=O) groups is 1. The van der Waals surface area contributed by atoms with Crippen LogP contribution in [0.5, 0.6) is 5.75 Å². The van der Waals surface area contributed by atoms with Crippen molar-refractivity contribution in [3.05, 3.63) is 65.2 Å². The fourth-order valence-corrected chi connectivity index (χ4v) is 2.52. The molecular weight excluding hydrogens is 316 g/mol. The van der Waals surface area contributed by atoms with Gasteiger partial charge >= 0.3 is 0 Å². The summed E-state index contributed by atoms with van der Waals surface area (Å²) in [7, 11) is 5.26. The number of hydrogen-bond acceptors (Lipinski definition) is 4. The predicted octanol–water partition coefficient (Wildman–Crippen LogP) is 2.59. The predicted molar refractivity (Wildman–Crippen MR) is 98.3 cm³/mol. The van der Waals surface area contributed by atoms with Crippen molar-refractivity contribution in [2.45, 2.75) is 19.7 Å². The van der Waals surface area contributed by atoms with Crippen LogP contribution in [0.4, 0.5) is 0 Å². The van der Waals surface area contributed by atoms with Gasteiger partial charge in [-0.15, -0.1) is 0 Å².